The van der Waals surface area contributed by atoms with E-state index in [9.17, 15) is 9.59 Å². The first-order valence-corrected chi connectivity index (χ1v) is 10.5. The number of fused-ring (bicyclic) bond motifs is 1. The van der Waals surface area contributed by atoms with Crippen LogP contribution in [-0.4, -0.2) is 43.0 Å². The normalized spacial score (nSPS) is 14.8. The van der Waals surface area contributed by atoms with Crippen LogP contribution in [0.15, 0.2) is 36.4 Å². The minimum Gasteiger partial charge on any atom is -0.493 e. The van der Waals surface area contributed by atoms with E-state index in [0.29, 0.717) is 6.61 Å². The molecule has 31 heavy (non-hydrogen) atoms. The van der Waals surface area contributed by atoms with Crippen LogP contribution in [0.25, 0.3) is 6.08 Å². The summed E-state index contributed by atoms with van der Waals surface area (Å²) in [7, 11) is 1.61. The number of nitrogens with one attached hydrogen (secondary N) is 1. The Labute approximate surface area is 183 Å². The largest absolute Gasteiger partial charge is 0.493 e. The van der Waals surface area contributed by atoms with Gasteiger partial charge in [-0.05, 0) is 57.0 Å². The number of rotatable bonds is 7. The minimum absolute atomic E-state index is 0.0416. The van der Waals surface area contributed by atoms with E-state index >= 15 is 0 Å². The predicted molar refractivity (Wildman–Crippen MR) is 123 cm³/mol. The zero-order chi connectivity index (χ0) is 22.5. The first kappa shape index (κ1) is 22.4. The highest BCUT2D eigenvalue weighted by Crippen LogP contribution is 2.35. The Morgan fingerprint density at radius 3 is 2.65 bits per heavy atom. The van der Waals surface area contributed by atoms with Gasteiger partial charge in [0.15, 0.2) is 0 Å². The maximum absolute atomic E-state index is 12.6. The van der Waals surface area contributed by atoms with Crippen molar-refractivity contribution in [2.45, 2.75) is 40.2 Å². The molecule has 2 aromatic rings. The number of amides is 2. The van der Waals surface area contributed by atoms with Gasteiger partial charge in [-0.2, -0.15) is 0 Å². The van der Waals surface area contributed by atoms with Crippen molar-refractivity contribution in [3.63, 3.8) is 0 Å². The fourth-order valence-electron chi connectivity index (χ4n) is 3.64. The lowest BCUT2D eigenvalue weighted by Gasteiger charge is -2.17. The third kappa shape index (κ3) is 5.45. The molecule has 1 aliphatic rings. The second-order valence-corrected chi connectivity index (χ2v) is 7.91. The van der Waals surface area contributed by atoms with Crippen LogP contribution in [0.4, 0.5) is 5.69 Å². The van der Waals surface area contributed by atoms with Crippen molar-refractivity contribution in [1.82, 2.24) is 4.90 Å². The number of benzene rings is 2. The summed E-state index contributed by atoms with van der Waals surface area (Å²) >= 11 is 0. The van der Waals surface area contributed by atoms with Gasteiger partial charge >= 0.3 is 0 Å². The fourth-order valence-corrected chi connectivity index (χ4v) is 3.64. The molecule has 0 radical (unpaired) electrons. The first-order chi connectivity index (χ1) is 14.8. The van der Waals surface area contributed by atoms with Gasteiger partial charge in [-0.3, -0.25) is 9.59 Å². The molecular weight excluding hydrogens is 392 g/mol. The van der Waals surface area contributed by atoms with Gasteiger partial charge in [0.2, 0.25) is 11.8 Å². The number of hydrogen-bond acceptors (Lipinski definition) is 4. The summed E-state index contributed by atoms with van der Waals surface area (Å²) in [6.45, 7) is 8.32. The average Bonchev–Trinajstić information content (AvgIpc) is 3.07. The maximum atomic E-state index is 12.6. The summed E-state index contributed by atoms with van der Waals surface area (Å²) in [4.78, 5) is 26.4. The van der Waals surface area contributed by atoms with Crippen LogP contribution in [0.3, 0.4) is 0 Å². The molecule has 0 unspecified atom stereocenters. The highest BCUT2D eigenvalue weighted by atomic mass is 16.5. The molecule has 1 atom stereocenters. The van der Waals surface area contributed by atoms with Crippen molar-refractivity contribution in [2.24, 2.45) is 0 Å². The van der Waals surface area contributed by atoms with Crippen LogP contribution < -0.4 is 14.8 Å². The summed E-state index contributed by atoms with van der Waals surface area (Å²) in [5, 5.41) is 2.90. The number of carbonyl (C=O) groups is 2. The highest BCUT2D eigenvalue weighted by molar-refractivity contribution is 5.98. The molecular formula is C25H30N2O4. The standard InChI is InChI=1S/C25H30N2O4/c1-6-30-21-14-20-12-18(4)31-22(20)13-19(21)10-11-24(29)27(5)15-23(28)26-25-16(2)8-7-9-17(25)3/h7-11,13-14,18H,6,12,15H2,1-5H3,(H,26,28)/b11-10+/t18-/m0/s1. The summed E-state index contributed by atoms with van der Waals surface area (Å²) in [5.74, 6) is 1.04. The Balaban J connectivity index is 1.67. The minimum atomic E-state index is -0.270. The van der Waals surface area contributed by atoms with E-state index in [0.717, 1.165) is 45.9 Å². The summed E-state index contributed by atoms with van der Waals surface area (Å²) in [6.07, 6.45) is 4.14. The van der Waals surface area contributed by atoms with E-state index in [1.54, 1.807) is 13.1 Å². The highest BCUT2D eigenvalue weighted by Gasteiger charge is 2.21. The van der Waals surface area contributed by atoms with Crippen molar-refractivity contribution >= 4 is 23.6 Å². The second-order valence-electron chi connectivity index (χ2n) is 7.91. The van der Waals surface area contributed by atoms with Crippen molar-refractivity contribution in [3.05, 3.63) is 58.7 Å². The molecule has 1 N–H and O–H groups in total. The Morgan fingerprint density at radius 1 is 1.26 bits per heavy atom. The lowest BCUT2D eigenvalue weighted by molar-refractivity contribution is -0.129. The topological polar surface area (TPSA) is 67.9 Å². The summed E-state index contributed by atoms with van der Waals surface area (Å²) in [5.41, 5.74) is 4.64. The van der Waals surface area contributed by atoms with E-state index < -0.39 is 0 Å². The molecule has 6 nitrogen and oxygen atoms in total. The number of aryl methyl sites for hydroxylation is 2. The first-order valence-electron chi connectivity index (χ1n) is 10.5. The summed E-state index contributed by atoms with van der Waals surface area (Å²) in [6, 6.07) is 9.71. The van der Waals surface area contributed by atoms with Crippen LogP contribution in [0.5, 0.6) is 11.5 Å². The molecule has 0 saturated heterocycles. The van der Waals surface area contributed by atoms with Gasteiger partial charge in [-0.15, -0.1) is 0 Å². The van der Waals surface area contributed by atoms with E-state index in [4.69, 9.17) is 9.47 Å². The van der Waals surface area contributed by atoms with E-state index in [2.05, 4.69) is 5.32 Å². The smallest absolute Gasteiger partial charge is 0.246 e. The Hall–Kier alpha value is -3.28. The maximum Gasteiger partial charge on any atom is 0.246 e. The number of ether oxygens (including phenoxy) is 2. The number of para-hydroxylation sites is 1. The molecule has 6 heteroatoms. The molecule has 0 aliphatic carbocycles. The van der Waals surface area contributed by atoms with Gasteiger partial charge in [0, 0.05) is 36.4 Å². The zero-order valence-corrected chi connectivity index (χ0v) is 18.8. The molecule has 0 saturated carbocycles. The van der Waals surface area contributed by atoms with Crippen molar-refractivity contribution in [3.8, 4) is 11.5 Å². The Kier molecular flexibility index (Phi) is 7.00. The number of likely N-dealkylation sites (N-methyl/N-ethyl adjacent to an activating group) is 1. The molecule has 164 valence electrons. The number of nitrogens with zero attached hydrogens (tertiary/aromatic N) is 1. The number of carbonyl (C=O) groups excluding carboxylic acids is 2. The van der Waals surface area contributed by atoms with Gasteiger partial charge in [0.1, 0.15) is 17.6 Å². The number of hydrogen-bond donors (Lipinski definition) is 1. The lowest BCUT2D eigenvalue weighted by atomic mass is 10.1. The third-order valence-corrected chi connectivity index (χ3v) is 5.24. The molecule has 2 aromatic carbocycles. The van der Waals surface area contributed by atoms with Crippen LogP contribution in [0.1, 0.15) is 36.1 Å². The Morgan fingerprint density at radius 2 is 1.97 bits per heavy atom. The van der Waals surface area contributed by atoms with Crippen LogP contribution in [0, 0.1) is 13.8 Å². The summed E-state index contributed by atoms with van der Waals surface area (Å²) < 4.78 is 11.6. The van der Waals surface area contributed by atoms with Gasteiger partial charge in [0.05, 0.1) is 13.2 Å². The zero-order valence-electron chi connectivity index (χ0n) is 18.8. The fraction of sp³-hybridized carbons (Fsp3) is 0.360. The second kappa shape index (κ2) is 9.69. The quantitative estimate of drug-likeness (QED) is 0.681. The molecule has 0 fully saturated rings. The molecule has 2 amide bonds. The molecule has 3 rings (SSSR count). The van der Waals surface area contributed by atoms with Gasteiger partial charge in [0.25, 0.3) is 0 Å². The lowest BCUT2D eigenvalue weighted by Crippen LogP contribution is -2.34. The number of anilines is 1. The van der Waals surface area contributed by atoms with E-state index in [1.807, 2.05) is 58.0 Å². The molecule has 1 aliphatic heterocycles. The molecule has 1 heterocycles. The third-order valence-electron chi connectivity index (χ3n) is 5.24. The molecule has 0 bridgehead atoms. The van der Waals surface area contributed by atoms with E-state index in [1.165, 1.54) is 11.0 Å². The van der Waals surface area contributed by atoms with Crippen molar-refractivity contribution < 1.29 is 19.1 Å². The van der Waals surface area contributed by atoms with Crippen molar-refractivity contribution in [2.75, 3.05) is 25.5 Å². The van der Waals surface area contributed by atoms with Crippen LogP contribution >= 0.6 is 0 Å². The SMILES string of the molecule is CCOc1cc2c(cc1/C=C/C(=O)N(C)CC(=O)Nc1c(C)cccc1C)O[C@@H](C)C2. The van der Waals surface area contributed by atoms with Gasteiger partial charge < -0.3 is 19.7 Å². The monoisotopic (exact) mass is 422 g/mol. The van der Waals surface area contributed by atoms with Gasteiger partial charge in [-0.1, -0.05) is 18.2 Å². The predicted octanol–water partition coefficient (Wildman–Crippen LogP) is 4.14. The molecule has 0 aromatic heterocycles. The Bertz CT molecular complexity index is 993. The average molecular weight is 423 g/mol. The molecule has 0 spiro atoms. The van der Waals surface area contributed by atoms with Crippen molar-refractivity contribution in [1.29, 1.82) is 0 Å². The van der Waals surface area contributed by atoms with Crippen LogP contribution in [0.2, 0.25) is 0 Å². The van der Waals surface area contributed by atoms with Crippen LogP contribution in [-0.2, 0) is 16.0 Å². The van der Waals surface area contributed by atoms with E-state index in [-0.39, 0.29) is 24.5 Å². The van der Waals surface area contributed by atoms with Gasteiger partial charge in [-0.25, -0.2) is 0 Å².